The number of phenols is 1. The van der Waals surface area contributed by atoms with E-state index < -0.39 is 0 Å². The minimum atomic E-state index is -0.336. The summed E-state index contributed by atoms with van der Waals surface area (Å²) in [7, 11) is 0. The third-order valence-corrected chi connectivity index (χ3v) is 5.36. The number of aromatic nitrogens is 1. The number of oxazole rings is 1. The maximum atomic E-state index is 12.3. The maximum absolute atomic E-state index is 12.3. The van der Waals surface area contributed by atoms with Crippen LogP contribution in [0.5, 0.6) is 5.75 Å². The number of nitrogens with one attached hydrogen (secondary N) is 2. The van der Waals surface area contributed by atoms with Gasteiger partial charge in [0.05, 0.1) is 5.56 Å². The van der Waals surface area contributed by atoms with Gasteiger partial charge in [-0.25, -0.2) is 4.98 Å². The molecule has 3 N–H and O–H groups in total. The molecule has 156 valence electrons. The Balaban J connectivity index is 1.48. The van der Waals surface area contributed by atoms with E-state index >= 15 is 0 Å². The molecular formula is C23H18BrN3O3S. The quantitative estimate of drug-likeness (QED) is 0.317. The number of carbonyl (C=O) groups excluding carboxylic acids is 1. The fourth-order valence-electron chi connectivity index (χ4n) is 3.07. The van der Waals surface area contributed by atoms with Crippen molar-refractivity contribution in [3.8, 4) is 17.2 Å². The topological polar surface area (TPSA) is 87.4 Å². The molecule has 4 aromatic rings. The highest BCUT2D eigenvalue weighted by Gasteiger charge is 2.14. The Labute approximate surface area is 192 Å². The summed E-state index contributed by atoms with van der Waals surface area (Å²) in [6.07, 6.45) is 0.905. The van der Waals surface area contributed by atoms with E-state index in [2.05, 4.69) is 38.5 Å². The van der Waals surface area contributed by atoms with Crippen molar-refractivity contribution in [2.24, 2.45) is 0 Å². The number of amides is 1. The summed E-state index contributed by atoms with van der Waals surface area (Å²) in [4.78, 5) is 16.8. The number of aromatic hydroxyl groups is 1. The summed E-state index contributed by atoms with van der Waals surface area (Å²) in [5.41, 5.74) is 4.01. The number of thiocarbonyl (C=S) groups is 1. The van der Waals surface area contributed by atoms with E-state index in [4.69, 9.17) is 16.6 Å². The normalized spacial score (nSPS) is 10.8. The summed E-state index contributed by atoms with van der Waals surface area (Å²) in [6, 6.07) is 17.7. The van der Waals surface area contributed by atoms with Gasteiger partial charge in [-0.05, 0) is 66.7 Å². The molecule has 0 spiro atoms. The molecule has 1 amide bonds. The zero-order chi connectivity index (χ0) is 22.0. The smallest absolute Gasteiger partial charge is 0.257 e. The Kier molecular flexibility index (Phi) is 6.01. The summed E-state index contributed by atoms with van der Waals surface area (Å²) < 4.78 is 6.58. The number of hydrogen-bond donors (Lipinski definition) is 3. The van der Waals surface area contributed by atoms with Crippen molar-refractivity contribution in [2.75, 3.05) is 5.32 Å². The average molecular weight is 496 g/mol. The van der Waals surface area contributed by atoms with E-state index in [1.807, 2.05) is 24.3 Å². The molecule has 0 unspecified atom stereocenters. The molecule has 0 radical (unpaired) electrons. The predicted molar refractivity (Wildman–Crippen MR) is 128 cm³/mol. The minimum absolute atomic E-state index is 0.0200. The Morgan fingerprint density at radius 3 is 2.74 bits per heavy atom. The standard InChI is InChI=1S/C23H18BrN3O3S/c1-2-13-6-9-20-18(10-13)26-22(30-20)17-8-7-16(12-19(17)28)25-23(31)27-21(29)14-4-3-5-15(24)11-14/h3-12,28H,2H2,1H3,(H2,25,27,29,31). The molecule has 0 bridgehead atoms. The molecule has 8 heteroatoms. The molecule has 3 aromatic carbocycles. The van der Waals surface area contributed by atoms with Crippen LogP contribution in [-0.2, 0) is 6.42 Å². The fourth-order valence-corrected chi connectivity index (χ4v) is 3.68. The third kappa shape index (κ3) is 4.76. The second-order valence-corrected chi connectivity index (χ2v) is 8.15. The number of halogens is 1. The van der Waals surface area contributed by atoms with Crippen LogP contribution in [0, 0.1) is 0 Å². The molecule has 0 aliphatic rings. The SMILES string of the molecule is CCc1ccc2oc(-c3ccc(NC(=S)NC(=O)c4cccc(Br)c4)cc3O)nc2c1. The summed E-state index contributed by atoms with van der Waals surface area (Å²) in [5.74, 6) is -0.0243. The number of carbonyl (C=O) groups is 1. The van der Waals surface area contributed by atoms with Crippen LogP contribution in [0.1, 0.15) is 22.8 Å². The molecule has 1 aromatic heterocycles. The summed E-state index contributed by atoms with van der Waals surface area (Å²) in [6.45, 7) is 2.07. The van der Waals surface area contributed by atoms with Crippen molar-refractivity contribution in [3.63, 3.8) is 0 Å². The molecular weight excluding hydrogens is 478 g/mol. The van der Waals surface area contributed by atoms with E-state index in [9.17, 15) is 9.90 Å². The molecule has 0 fully saturated rings. The average Bonchev–Trinajstić information content (AvgIpc) is 3.16. The number of nitrogens with zero attached hydrogens (tertiary/aromatic N) is 1. The van der Waals surface area contributed by atoms with Gasteiger partial charge < -0.3 is 14.8 Å². The predicted octanol–water partition coefficient (Wildman–Crippen LogP) is 5.65. The Morgan fingerprint density at radius 2 is 2.00 bits per heavy atom. The lowest BCUT2D eigenvalue weighted by molar-refractivity contribution is 0.0977. The molecule has 0 saturated heterocycles. The first-order chi connectivity index (χ1) is 14.9. The van der Waals surface area contributed by atoms with Crippen molar-refractivity contribution >= 4 is 56.0 Å². The third-order valence-electron chi connectivity index (χ3n) is 4.66. The molecule has 1 heterocycles. The van der Waals surface area contributed by atoms with Crippen molar-refractivity contribution in [1.82, 2.24) is 10.3 Å². The molecule has 31 heavy (non-hydrogen) atoms. The maximum Gasteiger partial charge on any atom is 0.257 e. The van der Waals surface area contributed by atoms with Gasteiger partial charge in [0.25, 0.3) is 5.91 Å². The molecule has 0 atom stereocenters. The van der Waals surface area contributed by atoms with Crippen LogP contribution in [-0.4, -0.2) is 21.1 Å². The lowest BCUT2D eigenvalue weighted by atomic mass is 10.1. The van der Waals surface area contributed by atoms with Gasteiger partial charge in [0.15, 0.2) is 10.7 Å². The first-order valence-corrected chi connectivity index (χ1v) is 10.7. The van der Waals surface area contributed by atoms with Gasteiger partial charge in [0, 0.05) is 21.8 Å². The van der Waals surface area contributed by atoms with E-state index in [1.54, 1.807) is 30.3 Å². The number of hydrogen-bond acceptors (Lipinski definition) is 5. The lowest BCUT2D eigenvalue weighted by Crippen LogP contribution is -2.34. The van der Waals surface area contributed by atoms with Crippen molar-refractivity contribution in [2.45, 2.75) is 13.3 Å². The molecule has 0 aliphatic carbocycles. The van der Waals surface area contributed by atoms with Crippen LogP contribution < -0.4 is 10.6 Å². The van der Waals surface area contributed by atoms with E-state index in [0.29, 0.717) is 28.3 Å². The van der Waals surface area contributed by atoms with Crippen LogP contribution in [0.3, 0.4) is 0 Å². The Bertz CT molecular complexity index is 1300. The molecule has 0 aliphatic heterocycles. The summed E-state index contributed by atoms with van der Waals surface area (Å²) >= 11 is 8.55. The highest BCUT2D eigenvalue weighted by Crippen LogP contribution is 2.33. The van der Waals surface area contributed by atoms with Crippen LogP contribution >= 0.6 is 28.1 Å². The highest BCUT2D eigenvalue weighted by atomic mass is 79.9. The minimum Gasteiger partial charge on any atom is -0.507 e. The zero-order valence-electron chi connectivity index (χ0n) is 16.5. The van der Waals surface area contributed by atoms with Gasteiger partial charge in [-0.1, -0.05) is 35.0 Å². The monoisotopic (exact) mass is 495 g/mol. The van der Waals surface area contributed by atoms with Crippen molar-refractivity contribution in [3.05, 3.63) is 76.3 Å². The van der Waals surface area contributed by atoms with Crippen LogP contribution in [0.25, 0.3) is 22.6 Å². The van der Waals surface area contributed by atoms with Gasteiger partial charge in [0.1, 0.15) is 11.3 Å². The number of rotatable bonds is 4. The van der Waals surface area contributed by atoms with Gasteiger partial charge in [0.2, 0.25) is 5.89 Å². The lowest BCUT2D eigenvalue weighted by Gasteiger charge is -2.11. The van der Waals surface area contributed by atoms with Crippen LogP contribution in [0.2, 0.25) is 0 Å². The second kappa shape index (κ2) is 8.87. The molecule has 0 saturated carbocycles. The van der Waals surface area contributed by atoms with Crippen molar-refractivity contribution in [1.29, 1.82) is 0 Å². The molecule has 6 nitrogen and oxygen atoms in total. The van der Waals surface area contributed by atoms with Gasteiger partial charge >= 0.3 is 0 Å². The first-order valence-electron chi connectivity index (χ1n) is 9.53. The van der Waals surface area contributed by atoms with Crippen LogP contribution in [0.15, 0.2) is 69.6 Å². The number of anilines is 1. The van der Waals surface area contributed by atoms with Gasteiger partial charge in [-0.15, -0.1) is 0 Å². The number of fused-ring (bicyclic) bond motifs is 1. The van der Waals surface area contributed by atoms with E-state index in [1.165, 1.54) is 6.07 Å². The van der Waals surface area contributed by atoms with E-state index in [0.717, 1.165) is 22.0 Å². The number of benzene rings is 3. The Morgan fingerprint density at radius 1 is 1.16 bits per heavy atom. The number of aryl methyl sites for hydroxylation is 1. The second-order valence-electron chi connectivity index (χ2n) is 6.83. The van der Waals surface area contributed by atoms with Gasteiger partial charge in [-0.2, -0.15) is 0 Å². The van der Waals surface area contributed by atoms with Gasteiger partial charge in [-0.3, -0.25) is 10.1 Å². The van der Waals surface area contributed by atoms with E-state index in [-0.39, 0.29) is 16.8 Å². The largest absolute Gasteiger partial charge is 0.507 e. The van der Waals surface area contributed by atoms with Crippen LogP contribution in [0.4, 0.5) is 5.69 Å². The number of phenolic OH excluding ortho intramolecular Hbond substituents is 1. The zero-order valence-corrected chi connectivity index (χ0v) is 18.9. The van der Waals surface area contributed by atoms with Crippen molar-refractivity contribution < 1.29 is 14.3 Å². The summed E-state index contributed by atoms with van der Waals surface area (Å²) in [5, 5.41) is 16.1. The molecule has 4 rings (SSSR count). The highest BCUT2D eigenvalue weighted by molar-refractivity contribution is 9.10. The first kappa shape index (κ1) is 21.0. The Hall–Kier alpha value is -3.23. The fraction of sp³-hybridized carbons (Fsp3) is 0.0870.